The Hall–Kier alpha value is -1.86. The number of rotatable bonds is 3. The summed E-state index contributed by atoms with van der Waals surface area (Å²) in [6.07, 6.45) is 7.74. The number of carbonyl (C=O) groups is 1. The van der Waals surface area contributed by atoms with Gasteiger partial charge in [0.2, 0.25) is 5.91 Å². The molecule has 0 radical (unpaired) electrons. The quantitative estimate of drug-likeness (QED) is 0.932. The monoisotopic (exact) mass is 297 g/mol. The molecular formula is C18H23N3O. The van der Waals surface area contributed by atoms with Crippen molar-refractivity contribution >= 4 is 11.6 Å². The van der Waals surface area contributed by atoms with Gasteiger partial charge in [0.05, 0.1) is 18.2 Å². The second-order valence-electron chi connectivity index (χ2n) is 6.47. The number of benzene rings is 1. The molecule has 1 amide bonds. The number of piperidine rings is 1. The lowest BCUT2D eigenvalue weighted by molar-refractivity contribution is -0.118. The molecule has 3 rings (SSSR count). The smallest absolute Gasteiger partial charge is 0.238 e. The first-order valence-electron chi connectivity index (χ1n) is 8.30. The Bertz CT molecular complexity index is 576. The highest BCUT2D eigenvalue weighted by molar-refractivity contribution is 5.92. The van der Waals surface area contributed by atoms with Gasteiger partial charge in [-0.25, -0.2) is 0 Å². The number of carbonyl (C=O) groups excluding carboxylic acids is 1. The molecule has 116 valence electrons. The fourth-order valence-corrected chi connectivity index (χ4v) is 3.98. The summed E-state index contributed by atoms with van der Waals surface area (Å²) in [7, 11) is 0. The van der Waals surface area contributed by atoms with E-state index >= 15 is 0 Å². The minimum atomic E-state index is 0.0290. The van der Waals surface area contributed by atoms with E-state index in [1.165, 1.54) is 38.5 Å². The highest BCUT2D eigenvalue weighted by Crippen LogP contribution is 2.35. The molecule has 2 fully saturated rings. The Kier molecular flexibility index (Phi) is 4.74. The largest absolute Gasteiger partial charge is 0.325 e. The van der Waals surface area contributed by atoms with Crippen LogP contribution in [0.1, 0.15) is 44.1 Å². The van der Waals surface area contributed by atoms with E-state index in [1.807, 2.05) is 6.07 Å². The van der Waals surface area contributed by atoms with Crippen molar-refractivity contribution in [2.45, 2.75) is 44.6 Å². The molecule has 0 unspecified atom stereocenters. The van der Waals surface area contributed by atoms with Crippen LogP contribution >= 0.6 is 0 Å². The standard InChI is InChI=1S/C18H23N3O/c19-12-14-5-3-8-16(11-14)20-18(22)13-21-10-4-7-15-6-1-2-9-17(15)21/h3,5,8,11,15,17H,1-2,4,6-7,9-10,13H2,(H,20,22)/t15-,17-/m0/s1. The van der Waals surface area contributed by atoms with Crippen molar-refractivity contribution in [2.24, 2.45) is 5.92 Å². The van der Waals surface area contributed by atoms with Crippen molar-refractivity contribution in [3.05, 3.63) is 29.8 Å². The Morgan fingerprint density at radius 2 is 2.09 bits per heavy atom. The highest BCUT2D eigenvalue weighted by Gasteiger charge is 2.33. The van der Waals surface area contributed by atoms with Gasteiger partial charge < -0.3 is 5.32 Å². The molecule has 2 aliphatic rings. The third-order valence-corrected chi connectivity index (χ3v) is 4.98. The minimum Gasteiger partial charge on any atom is -0.325 e. The Morgan fingerprint density at radius 1 is 1.27 bits per heavy atom. The van der Waals surface area contributed by atoms with E-state index in [1.54, 1.807) is 18.2 Å². The van der Waals surface area contributed by atoms with Crippen LogP contribution in [0.4, 0.5) is 5.69 Å². The molecule has 1 saturated heterocycles. The molecule has 1 heterocycles. The van der Waals surface area contributed by atoms with Crippen LogP contribution in [0.15, 0.2) is 24.3 Å². The SMILES string of the molecule is N#Cc1cccc(NC(=O)CN2CCC[C@@H]3CCCC[C@@H]32)c1. The molecule has 1 aromatic rings. The van der Waals surface area contributed by atoms with Crippen molar-refractivity contribution in [3.8, 4) is 6.07 Å². The molecule has 1 aliphatic carbocycles. The third-order valence-electron chi connectivity index (χ3n) is 4.98. The molecule has 1 aromatic carbocycles. The van der Waals surface area contributed by atoms with Crippen LogP contribution in [0.5, 0.6) is 0 Å². The van der Waals surface area contributed by atoms with Gasteiger partial charge in [0.25, 0.3) is 0 Å². The predicted molar refractivity (Wildman–Crippen MR) is 86.3 cm³/mol. The van der Waals surface area contributed by atoms with Crippen LogP contribution in [0.3, 0.4) is 0 Å². The van der Waals surface area contributed by atoms with E-state index in [2.05, 4.69) is 16.3 Å². The van der Waals surface area contributed by atoms with E-state index in [0.29, 0.717) is 23.8 Å². The van der Waals surface area contributed by atoms with E-state index in [4.69, 9.17) is 5.26 Å². The molecule has 4 nitrogen and oxygen atoms in total. The molecule has 0 spiro atoms. The van der Waals surface area contributed by atoms with Gasteiger partial charge in [0, 0.05) is 11.7 Å². The average Bonchev–Trinajstić information content (AvgIpc) is 2.55. The molecule has 0 bridgehead atoms. The number of hydrogen-bond acceptors (Lipinski definition) is 3. The lowest BCUT2D eigenvalue weighted by atomic mass is 9.78. The predicted octanol–water partition coefficient (Wildman–Crippen LogP) is 3.15. The van der Waals surface area contributed by atoms with Crippen LogP contribution in [-0.4, -0.2) is 29.9 Å². The van der Waals surface area contributed by atoms with Crippen molar-refractivity contribution in [1.29, 1.82) is 5.26 Å². The number of amides is 1. The van der Waals surface area contributed by atoms with E-state index in [0.717, 1.165) is 12.5 Å². The van der Waals surface area contributed by atoms with Gasteiger partial charge in [-0.2, -0.15) is 5.26 Å². The second kappa shape index (κ2) is 6.93. The zero-order chi connectivity index (χ0) is 15.4. The zero-order valence-corrected chi connectivity index (χ0v) is 12.9. The summed E-state index contributed by atoms with van der Waals surface area (Å²) in [5.74, 6) is 0.818. The topological polar surface area (TPSA) is 56.1 Å². The summed E-state index contributed by atoms with van der Waals surface area (Å²) >= 11 is 0. The van der Waals surface area contributed by atoms with Gasteiger partial charge >= 0.3 is 0 Å². The van der Waals surface area contributed by atoms with Crippen LogP contribution in [0, 0.1) is 17.2 Å². The van der Waals surface area contributed by atoms with Gasteiger partial charge in [0.15, 0.2) is 0 Å². The summed E-state index contributed by atoms with van der Waals surface area (Å²) < 4.78 is 0. The molecule has 1 aliphatic heterocycles. The number of anilines is 1. The van der Waals surface area contributed by atoms with Crippen molar-refractivity contribution in [1.82, 2.24) is 4.90 Å². The van der Waals surface area contributed by atoms with Gasteiger partial charge in [0.1, 0.15) is 0 Å². The normalized spacial score (nSPS) is 25.0. The van der Waals surface area contributed by atoms with Crippen molar-refractivity contribution < 1.29 is 4.79 Å². The number of fused-ring (bicyclic) bond motifs is 1. The highest BCUT2D eigenvalue weighted by atomic mass is 16.2. The maximum Gasteiger partial charge on any atom is 0.238 e. The summed E-state index contributed by atoms with van der Waals surface area (Å²) in [5.41, 5.74) is 1.28. The average molecular weight is 297 g/mol. The summed E-state index contributed by atoms with van der Waals surface area (Å²) in [5, 5.41) is 11.8. The summed E-state index contributed by atoms with van der Waals surface area (Å²) in [6, 6.07) is 9.79. The van der Waals surface area contributed by atoms with Crippen LogP contribution in [0.25, 0.3) is 0 Å². The molecular weight excluding hydrogens is 274 g/mol. The van der Waals surface area contributed by atoms with E-state index < -0.39 is 0 Å². The maximum atomic E-state index is 12.3. The maximum absolute atomic E-state index is 12.3. The van der Waals surface area contributed by atoms with Crippen LogP contribution in [0.2, 0.25) is 0 Å². The fourth-order valence-electron chi connectivity index (χ4n) is 3.98. The molecule has 0 aromatic heterocycles. The second-order valence-corrected chi connectivity index (χ2v) is 6.47. The van der Waals surface area contributed by atoms with Crippen molar-refractivity contribution in [2.75, 3.05) is 18.4 Å². The fraction of sp³-hybridized carbons (Fsp3) is 0.556. The van der Waals surface area contributed by atoms with Gasteiger partial charge in [-0.05, 0) is 56.3 Å². The molecule has 22 heavy (non-hydrogen) atoms. The van der Waals surface area contributed by atoms with Gasteiger partial charge in [-0.3, -0.25) is 9.69 Å². The number of nitrogens with one attached hydrogen (secondary N) is 1. The molecule has 1 N–H and O–H groups in total. The van der Waals surface area contributed by atoms with Gasteiger partial charge in [-0.1, -0.05) is 18.9 Å². The first-order valence-corrected chi connectivity index (χ1v) is 8.30. The zero-order valence-electron chi connectivity index (χ0n) is 12.9. The summed E-state index contributed by atoms with van der Waals surface area (Å²) in [4.78, 5) is 14.7. The third kappa shape index (κ3) is 3.48. The molecule has 4 heteroatoms. The lowest BCUT2D eigenvalue weighted by Gasteiger charge is -2.43. The first-order chi connectivity index (χ1) is 10.8. The molecule has 1 saturated carbocycles. The number of hydrogen-bond donors (Lipinski definition) is 1. The molecule has 2 atom stereocenters. The van der Waals surface area contributed by atoms with Crippen molar-refractivity contribution in [3.63, 3.8) is 0 Å². The number of likely N-dealkylation sites (tertiary alicyclic amines) is 1. The number of nitriles is 1. The minimum absolute atomic E-state index is 0.0290. The first kappa shape index (κ1) is 15.1. The Balaban J connectivity index is 1.60. The summed E-state index contributed by atoms with van der Waals surface area (Å²) in [6.45, 7) is 1.50. The Labute approximate surface area is 132 Å². The lowest BCUT2D eigenvalue weighted by Crippen LogP contribution is -2.49. The van der Waals surface area contributed by atoms with E-state index in [9.17, 15) is 4.79 Å². The van der Waals surface area contributed by atoms with Gasteiger partial charge in [-0.15, -0.1) is 0 Å². The van der Waals surface area contributed by atoms with E-state index in [-0.39, 0.29) is 5.91 Å². The van der Waals surface area contributed by atoms with Crippen LogP contribution in [-0.2, 0) is 4.79 Å². The van der Waals surface area contributed by atoms with Crippen LogP contribution < -0.4 is 5.32 Å². The Morgan fingerprint density at radius 3 is 2.95 bits per heavy atom. The number of nitrogens with zero attached hydrogens (tertiary/aromatic N) is 2.